The first kappa shape index (κ1) is 13.3. The number of fused-ring (bicyclic) bond motifs is 1. The molecule has 1 aliphatic carbocycles. The van der Waals surface area contributed by atoms with Crippen molar-refractivity contribution in [3.8, 4) is 6.01 Å². The zero-order valence-corrected chi connectivity index (χ0v) is 12.3. The van der Waals surface area contributed by atoms with Gasteiger partial charge in [0.15, 0.2) is 0 Å². The Hall–Kier alpha value is -1.65. The van der Waals surface area contributed by atoms with E-state index in [0.717, 1.165) is 24.2 Å². The van der Waals surface area contributed by atoms with E-state index in [2.05, 4.69) is 9.97 Å². The molecule has 1 amide bonds. The molecule has 1 fully saturated rings. The molecule has 2 aliphatic rings. The predicted octanol–water partition coefficient (Wildman–Crippen LogP) is 2.34. The number of hydrogen-bond acceptors (Lipinski definition) is 4. The van der Waals surface area contributed by atoms with Crippen LogP contribution in [0.5, 0.6) is 6.01 Å². The van der Waals surface area contributed by atoms with Gasteiger partial charge >= 0.3 is 6.01 Å². The van der Waals surface area contributed by atoms with Gasteiger partial charge in [-0.05, 0) is 19.3 Å². The molecule has 0 radical (unpaired) electrons. The summed E-state index contributed by atoms with van der Waals surface area (Å²) >= 11 is 0. The van der Waals surface area contributed by atoms with Crippen LogP contribution in [0.25, 0.3) is 0 Å². The van der Waals surface area contributed by atoms with Crippen LogP contribution in [-0.2, 0) is 11.2 Å². The largest absolute Gasteiger partial charge is 0.467 e. The summed E-state index contributed by atoms with van der Waals surface area (Å²) in [5.41, 5.74) is 0.662. The van der Waals surface area contributed by atoms with Gasteiger partial charge in [0, 0.05) is 23.2 Å². The van der Waals surface area contributed by atoms with Crippen molar-refractivity contribution in [2.45, 2.75) is 52.0 Å². The highest BCUT2D eigenvalue weighted by Gasteiger charge is 2.43. The number of ether oxygens (including phenoxy) is 1. The van der Waals surface area contributed by atoms with Gasteiger partial charge in [0.1, 0.15) is 5.82 Å². The van der Waals surface area contributed by atoms with Crippen molar-refractivity contribution >= 4 is 11.7 Å². The normalized spacial score (nSPS) is 21.9. The molecule has 1 saturated carbocycles. The van der Waals surface area contributed by atoms with Gasteiger partial charge in [-0.2, -0.15) is 4.98 Å². The third-order valence-corrected chi connectivity index (χ3v) is 4.35. The minimum Gasteiger partial charge on any atom is -0.467 e. The van der Waals surface area contributed by atoms with Crippen molar-refractivity contribution in [3.63, 3.8) is 0 Å². The van der Waals surface area contributed by atoms with Crippen LogP contribution in [0.1, 0.15) is 45.1 Å². The van der Waals surface area contributed by atoms with Crippen LogP contribution in [0.4, 0.5) is 5.82 Å². The lowest BCUT2D eigenvalue weighted by atomic mass is 9.81. The second kappa shape index (κ2) is 4.72. The van der Waals surface area contributed by atoms with Crippen molar-refractivity contribution in [3.05, 3.63) is 11.8 Å². The molecule has 0 N–H and O–H groups in total. The number of carbonyl (C=O) groups excluding carboxylic acids is 1. The topological polar surface area (TPSA) is 55.3 Å². The molecule has 0 spiro atoms. The maximum Gasteiger partial charge on any atom is 0.318 e. The Morgan fingerprint density at radius 1 is 1.35 bits per heavy atom. The van der Waals surface area contributed by atoms with E-state index >= 15 is 0 Å². The summed E-state index contributed by atoms with van der Waals surface area (Å²) in [5.74, 6) is 0.936. The second-order valence-electron chi connectivity index (χ2n) is 6.38. The standard InChI is InChI=1S/C15H21N3O2/c1-15(2)8-10-9-16-14(20-3)17-12(10)18(13(15)19)11-6-4-5-7-11/h9,11H,4-8H2,1-3H3. The van der Waals surface area contributed by atoms with Crippen LogP contribution in [0, 0.1) is 5.41 Å². The fraction of sp³-hybridized carbons (Fsp3) is 0.667. The van der Waals surface area contributed by atoms with Crippen molar-refractivity contribution in [2.24, 2.45) is 5.41 Å². The molecule has 0 atom stereocenters. The smallest absolute Gasteiger partial charge is 0.318 e. The van der Waals surface area contributed by atoms with E-state index in [1.807, 2.05) is 18.7 Å². The first-order valence-corrected chi connectivity index (χ1v) is 7.26. The first-order chi connectivity index (χ1) is 9.53. The minimum atomic E-state index is -0.381. The van der Waals surface area contributed by atoms with Crippen molar-refractivity contribution in [2.75, 3.05) is 12.0 Å². The van der Waals surface area contributed by atoms with E-state index in [0.29, 0.717) is 12.4 Å². The van der Waals surface area contributed by atoms with Crippen LogP contribution in [0.3, 0.4) is 0 Å². The number of anilines is 1. The summed E-state index contributed by atoms with van der Waals surface area (Å²) in [6.07, 6.45) is 6.99. The summed E-state index contributed by atoms with van der Waals surface area (Å²) < 4.78 is 5.12. The Morgan fingerprint density at radius 3 is 2.70 bits per heavy atom. The van der Waals surface area contributed by atoms with Crippen LogP contribution in [-0.4, -0.2) is 29.0 Å². The highest BCUT2D eigenvalue weighted by molar-refractivity contribution is 5.99. The van der Waals surface area contributed by atoms with Gasteiger partial charge < -0.3 is 4.74 Å². The summed E-state index contributed by atoms with van der Waals surface area (Å²) in [7, 11) is 1.55. The Morgan fingerprint density at radius 2 is 2.05 bits per heavy atom. The molecule has 5 heteroatoms. The van der Waals surface area contributed by atoms with Gasteiger partial charge in [0.05, 0.1) is 7.11 Å². The van der Waals surface area contributed by atoms with Gasteiger partial charge in [-0.1, -0.05) is 26.7 Å². The molecular formula is C15H21N3O2. The molecule has 5 nitrogen and oxygen atoms in total. The summed E-state index contributed by atoms with van der Waals surface area (Å²) in [5, 5.41) is 0. The maximum atomic E-state index is 12.8. The molecule has 1 aliphatic heterocycles. The lowest BCUT2D eigenvalue weighted by molar-refractivity contribution is -0.127. The van der Waals surface area contributed by atoms with Crippen molar-refractivity contribution in [1.29, 1.82) is 0 Å². The van der Waals surface area contributed by atoms with Crippen molar-refractivity contribution in [1.82, 2.24) is 9.97 Å². The Balaban J connectivity index is 2.08. The average Bonchev–Trinajstić information content (AvgIpc) is 2.93. The highest BCUT2D eigenvalue weighted by atomic mass is 16.5. The molecule has 20 heavy (non-hydrogen) atoms. The minimum absolute atomic E-state index is 0.178. The Labute approximate surface area is 119 Å². The summed E-state index contributed by atoms with van der Waals surface area (Å²) in [4.78, 5) is 23.4. The summed E-state index contributed by atoms with van der Waals surface area (Å²) in [6.45, 7) is 4.01. The van der Waals surface area contributed by atoms with Gasteiger partial charge in [0.2, 0.25) is 5.91 Å². The zero-order chi connectivity index (χ0) is 14.3. The molecule has 108 valence electrons. The van der Waals surface area contributed by atoms with Crippen LogP contribution < -0.4 is 9.64 Å². The molecule has 1 aromatic heterocycles. The van der Waals surface area contributed by atoms with Gasteiger partial charge in [-0.3, -0.25) is 9.69 Å². The van der Waals surface area contributed by atoms with Crippen molar-refractivity contribution < 1.29 is 9.53 Å². The molecule has 0 unspecified atom stereocenters. The molecular weight excluding hydrogens is 254 g/mol. The molecule has 1 aromatic rings. The number of hydrogen-bond donors (Lipinski definition) is 0. The molecule has 0 aromatic carbocycles. The first-order valence-electron chi connectivity index (χ1n) is 7.26. The number of nitrogens with zero attached hydrogens (tertiary/aromatic N) is 3. The number of amides is 1. The number of carbonyl (C=O) groups is 1. The fourth-order valence-corrected chi connectivity index (χ4v) is 3.29. The quantitative estimate of drug-likeness (QED) is 0.831. The van der Waals surface area contributed by atoms with E-state index in [1.54, 1.807) is 13.3 Å². The fourth-order valence-electron chi connectivity index (χ4n) is 3.29. The van der Waals surface area contributed by atoms with Gasteiger partial charge in [-0.15, -0.1) is 0 Å². The zero-order valence-electron chi connectivity index (χ0n) is 12.3. The van der Waals surface area contributed by atoms with E-state index < -0.39 is 0 Å². The van der Waals surface area contributed by atoms with Crippen LogP contribution >= 0.6 is 0 Å². The van der Waals surface area contributed by atoms with Gasteiger partial charge in [-0.25, -0.2) is 4.98 Å². The SMILES string of the molecule is COc1ncc2c(n1)N(C1CCCC1)C(=O)C(C)(C)C2. The number of aromatic nitrogens is 2. The predicted molar refractivity (Wildman–Crippen MR) is 75.8 cm³/mol. The Bertz CT molecular complexity index is 536. The number of methoxy groups -OCH3 is 1. The molecule has 0 bridgehead atoms. The third kappa shape index (κ3) is 2.05. The monoisotopic (exact) mass is 275 g/mol. The lowest BCUT2D eigenvalue weighted by Crippen LogP contribution is -2.51. The molecule has 0 saturated heterocycles. The van der Waals surface area contributed by atoms with Crippen LogP contribution in [0.15, 0.2) is 6.20 Å². The third-order valence-electron chi connectivity index (χ3n) is 4.35. The second-order valence-corrected chi connectivity index (χ2v) is 6.38. The van der Waals surface area contributed by atoms with Gasteiger partial charge in [0.25, 0.3) is 0 Å². The van der Waals surface area contributed by atoms with E-state index in [9.17, 15) is 4.79 Å². The van der Waals surface area contributed by atoms with E-state index in [1.165, 1.54) is 12.8 Å². The Kier molecular flexibility index (Phi) is 3.15. The lowest BCUT2D eigenvalue weighted by Gasteiger charge is -2.40. The van der Waals surface area contributed by atoms with Crippen LogP contribution in [0.2, 0.25) is 0 Å². The molecule has 2 heterocycles. The maximum absolute atomic E-state index is 12.8. The van der Waals surface area contributed by atoms with E-state index in [4.69, 9.17) is 4.74 Å². The molecule has 3 rings (SSSR count). The number of rotatable bonds is 2. The average molecular weight is 275 g/mol. The van der Waals surface area contributed by atoms with E-state index in [-0.39, 0.29) is 17.4 Å². The highest BCUT2D eigenvalue weighted by Crippen LogP contribution is 2.40. The summed E-state index contributed by atoms with van der Waals surface area (Å²) in [6, 6.07) is 0.611.